The molecule has 122 valence electrons. The first-order valence-corrected chi connectivity index (χ1v) is 9.21. The number of hydrogen-bond donors (Lipinski definition) is 1. The molecule has 5 rings (SSSR count). The monoisotopic (exact) mass is 343 g/mol. The summed E-state index contributed by atoms with van der Waals surface area (Å²) in [4.78, 5) is 4.80. The molecule has 0 saturated carbocycles. The Hall–Kier alpha value is -2.65. The quantitative estimate of drug-likeness (QED) is 0.461. The van der Waals surface area contributed by atoms with E-state index in [1.165, 1.54) is 16.7 Å². The van der Waals surface area contributed by atoms with Crippen LogP contribution in [0.2, 0.25) is 0 Å². The van der Waals surface area contributed by atoms with Crippen LogP contribution < -0.4 is 0 Å². The van der Waals surface area contributed by atoms with Gasteiger partial charge in [0.1, 0.15) is 10.8 Å². The molecule has 0 saturated heterocycles. The zero-order chi connectivity index (χ0) is 17.2. The highest BCUT2D eigenvalue weighted by atomic mass is 32.1. The number of phenols is 1. The van der Waals surface area contributed by atoms with Crippen molar-refractivity contribution in [2.24, 2.45) is 0 Å². The van der Waals surface area contributed by atoms with E-state index in [1.807, 2.05) is 24.3 Å². The molecular weight excluding hydrogens is 326 g/mol. The van der Waals surface area contributed by atoms with Gasteiger partial charge in [-0.1, -0.05) is 56.3 Å². The summed E-state index contributed by atoms with van der Waals surface area (Å²) in [6, 6.07) is 20.5. The van der Waals surface area contributed by atoms with E-state index in [1.54, 1.807) is 11.3 Å². The first-order chi connectivity index (χ1) is 12.1. The van der Waals surface area contributed by atoms with E-state index in [0.29, 0.717) is 5.75 Å². The smallest absolute Gasteiger partial charge is 0.128 e. The molecule has 0 radical (unpaired) electrons. The van der Waals surface area contributed by atoms with Crippen molar-refractivity contribution in [3.8, 4) is 27.4 Å². The number of benzene rings is 3. The van der Waals surface area contributed by atoms with Gasteiger partial charge in [0.15, 0.2) is 0 Å². The zero-order valence-electron chi connectivity index (χ0n) is 14.1. The van der Waals surface area contributed by atoms with E-state index in [9.17, 15) is 5.11 Å². The van der Waals surface area contributed by atoms with Gasteiger partial charge < -0.3 is 5.11 Å². The normalized spacial score (nSPS) is 14.5. The summed E-state index contributed by atoms with van der Waals surface area (Å²) in [5.41, 5.74) is 6.64. The molecule has 1 N–H and O–H groups in total. The van der Waals surface area contributed by atoms with E-state index < -0.39 is 0 Å². The fourth-order valence-corrected chi connectivity index (χ4v) is 5.00. The molecule has 0 aliphatic heterocycles. The Morgan fingerprint density at radius 3 is 2.44 bits per heavy atom. The van der Waals surface area contributed by atoms with Gasteiger partial charge in [0.25, 0.3) is 0 Å². The maximum Gasteiger partial charge on any atom is 0.128 e. The number of hydrogen-bond acceptors (Lipinski definition) is 3. The molecule has 0 bridgehead atoms. The Labute approximate surface area is 150 Å². The van der Waals surface area contributed by atoms with Crippen LogP contribution in [0.25, 0.3) is 31.9 Å². The molecule has 1 aromatic heterocycles. The van der Waals surface area contributed by atoms with E-state index in [-0.39, 0.29) is 5.41 Å². The van der Waals surface area contributed by atoms with Crippen molar-refractivity contribution < 1.29 is 5.11 Å². The van der Waals surface area contributed by atoms with Crippen molar-refractivity contribution in [2.75, 3.05) is 0 Å². The molecule has 2 nitrogen and oxygen atoms in total. The number of rotatable bonds is 1. The Bertz CT molecular complexity index is 1110. The van der Waals surface area contributed by atoms with E-state index >= 15 is 0 Å². The minimum Gasteiger partial charge on any atom is -0.507 e. The lowest BCUT2D eigenvalue weighted by Crippen LogP contribution is -2.14. The highest BCUT2D eigenvalue weighted by molar-refractivity contribution is 7.21. The lowest BCUT2D eigenvalue weighted by Gasteiger charge is -2.21. The van der Waals surface area contributed by atoms with Crippen molar-refractivity contribution in [1.82, 2.24) is 4.98 Å². The van der Waals surface area contributed by atoms with Gasteiger partial charge in [-0.25, -0.2) is 4.98 Å². The maximum atomic E-state index is 10.7. The molecule has 0 fully saturated rings. The van der Waals surface area contributed by atoms with Gasteiger partial charge >= 0.3 is 0 Å². The number of thiazole rings is 1. The summed E-state index contributed by atoms with van der Waals surface area (Å²) in [5.74, 6) is 0.297. The van der Waals surface area contributed by atoms with Gasteiger partial charge in [0, 0.05) is 11.0 Å². The molecule has 25 heavy (non-hydrogen) atoms. The number of nitrogens with zero attached hydrogens (tertiary/aromatic N) is 1. The largest absolute Gasteiger partial charge is 0.507 e. The topological polar surface area (TPSA) is 33.1 Å². The van der Waals surface area contributed by atoms with Crippen molar-refractivity contribution in [2.45, 2.75) is 19.3 Å². The van der Waals surface area contributed by atoms with Crippen LogP contribution in [0, 0.1) is 0 Å². The summed E-state index contributed by atoms with van der Waals surface area (Å²) in [6.07, 6.45) is 0. The minimum absolute atomic E-state index is 0.0783. The van der Waals surface area contributed by atoms with Crippen molar-refractivity contribution in [1.29, 1.82) is 0 Å². The van der Waals surface area contributed by atoms with Crippen LogP contribution in [-0.4, -0.2) is 10.1 Å². The van der Waals surface area contributed by atoms with Crippen molar-refractivity contribution in [3.63, 3.8) is 0 Å². The van der Waals surface area contributed by atoms with E-state index in [0.717, 1.165) is 26.4 Å². The fraction of sp³-hybridized carbons (Fsp3) is 0.136. The van der Waals surface area contributed by atoms with Gasteiger partial charge in [-0.15, -0.1) is 11.3 Å². The third-order valence-corrected chi connectivity index (χ3v) is 6.29. The van der Waals surface area contributed by atoms with Crippen LogP contribution in [0.15, 0.2) is 60.7 Å². The third-order valence-electron chi connectivity index (χ3n) is 5.23. The van der Waals surface area contributed by atoms with E-state index in [2.05, 4.69) is 50.2 Å². The Balaban J connectivity index is 1.88. The predicted octanol–water partition coefficient (Wildman–Crippen LogP) is 5.98. The van der Waals surface area contributed by atoms with Crippen LogP contribution in [0.4, 0.5) is 0 Å². The number of aromatic hydroxyl groups is 1. The van der Waals surface area contributed by atoms with Crippen LogP contribution in [0.3, 0.4) is 0 Å². The Morgan fingerprint density at radius 2 is 1.60 bits per heavy atom. The second kappa shape index (κ2) is 4.93. The minimum atomic E-state index is -0.0783. The Kier molecular flexibility index (Phi) is 2.89. The average Bonchev–Trinajstić information content (AvgIpc) is 3.13. The summed E-state index contributed by atoms with van der Waals surface area (Å²) >= 11 is 1.63. The summed E-state index contributed by atoms with van der Waals surface area (Å²) in [5, 5.41) is 11.6. The highest BCUT2D eigenvalue weighted by Gasteiger charge is 2.38. The van der Waals surface area contributed by atoms with E-state index in [4.69, 9.17) is 4.98 Å². The van der Waals surface area contributed by atoms with Crippen LogP contribution in [-0.2, 0) is 5.41 Å². The SMILES string of the molecule is CC1(C)c2ccccc2-c2c1ccc(O)c2-c1nc2ccccc2s1. The van der Waals surface area contributed by atoms with Gasteiger partial charge in [-0.3, -0.25) is 0 Å². The van der Waals surface area contributed by atoms with Crippen molar-refractivity contribution >= 4 is 21.6 Å². The molecule has 1 aliphatic rings. The number of aromatic nitrogens is 1. The average molecular weight is 343 g/mol. The second-order valence-corrected chi connectivity index (χ2v) is 8.07. The number of para-hydroxylation sites is 1. The lowest BCUT2D eigenvalue weighted by molar-refractivity contribution is 0.477. The Morgan fingerprint density at radius 1 is 0.840 bits per heavy atom. The lowest BCUT2D eigenvalue weighted by atomic mass is 9.82. The van der Waals surface area contributed by atoms with Gasteiger partial charge in [0.05, 0.1) is 15.8 Å². The third kappa shape index (κ3) is 1.93. The van der Waals surface area contributed by atoms with Gasteiger partial charge in [0.2, 0.25) is 0 Å². The second-order valence-electron chi connectivity index (χ2n) is 7.04. The highest BCUT2D eigenvalue weighted by Crippen LogP contribution is 2.54. The first kappa shape index (κ1) is 14.7. The maximum absolute atomic E-state index is 10.7. The van der Waals surface area contributed by atoms with Crippen LogP contribution >= 0.6 is 11.3 Å². The fourth-order valence-electron chi connectivity index (χ4n) is 3.98. The molecule has 0 unspecified atom stereocenters. The molecule has 3 aromatic carbocycles. The molecule has 1 aliphatic carbocycles. The molecule has 0 amide bonds. The van der Waals surface area contributed by atoms with Gasteiger partial charge in [-0.05, 0) is 34.9 Å². The summed E-state index contributed by atoms with van der Waals surface area (Å²) < 4.78 is 1.14. The van der Waals surface area contributed by atoms with Crippen LogP contribution in [0.5, 0.6) is 5.75 Å². The van der Waals surface area contributed by atoms with Gasteiger partial charge in [-0.2, -0.15) is 0 Å². The predicted molar refractivity (Wildman–Crippen MR) is 104 cm³/mol. The molecule has 1 heterocycles. The standard InChI is InChI=1S/C22H17NOS/c1-22(2)14-8-4-3-7-13(14)19-15(22)11-12-17(24)20(19)21-23-16-9-5-6-10-18(16)25-21/h3-12,24H,1-2H3. The van der Waals surface area contributed by atoms with Crippen LogP contribution in [0.1, 0.15) is 25.0 Å². The first-order valence-electron chi connectivity index (χ1n) is 8.39. The number of fused-ring (bicyclic) bond motifs is 4. The molecule has 4 aromatic rings. The molecule has 0 atom stereocenters. The molecule has 3 heteroatoms. The summed E-state index contributed by atoms with van der Waals surface area (Å²) in [6.45, 7) is 4.49. The molecule has 0 spiro atoms. The van der Waals surface area contributed by atoms with Crippen molar-refractivity contribution in [3.05, 3.63) is 71.8 Å². The zero-order valence-corrected chi connectivity index (χ0v) is 14.9. The summed E-state index contributed by atoms with van der Waals surface area (Å²) in [7, 11) is 0. The number of phenolic OH excluding ortho intramolecular Hbond substituents is 1. The molecular formula is C22H17NOS.